The smallest absolute Gasteiger partial charge is 0.223 e. The van der Waals surface area contributed by atoms with Crippen LogP contribution in [0, 0.1) is 5.41 Å². The number of rotatable bonds is 7. The van der Waals surface area contributed by atoms with Gasteiger partial charge in [0.2, 0.25) is 5.91 Å². The van der Waals surface area contributed by atoms with Gasteiger partial charge in [0.1, 0.15) is 11.5 Å². The molecule has 1 amide bonds. The summed E-state index contributed by atoms with van der Waals surface area (Å²) < 4.78 is 10.8. The fraction of sp³-hybridized carbons (Fsp3) is 0.682. The van der Waals surface area contributed by atoms with Gasteiger partial charge in [-0.1, -0.05) is 19.3 Å². The number of carbonyl (C=O) groups excluding carboxylic acids is 1. The second-order valence-corrected chi connectivity index (χ2v) is 8.28. The number of amides is 1. The Morgan fingerprint density at radius 1 is 1.03 bits per heavy atom. The van der Waals surface area contributed by atoms with Crippen molar-refractivity contribution in [3.63, 3.8) is 0 Å². The highest BCUT2D eigenvalue weighted by molar-refractivity contribution is 5.85. The summed E-state index contributed by atoms with van der Waals surface area (Å²) in [5, 5.41) is 0. The molecule has 172 valence electrons. The normalized spacial score (nSPS) is 18.7. The molecule has 1 aromatic rings. The summed E-state index contributed by atoms with van der Waals surface area (Å²) >= 11 is 0. The minimum Gasteiger partial charge on any atom is -0.497 e. The molecule has 6 nitrogen and oxygen atoms in total. The number of nitrogens with two attached hydrogens (primary N) is 1. The largest absolute Gasteiger partial charge is 0.497 e. The molecule has 2 N–H and O–H groups in total. The second kappa shape index (κ2) is 12.6. The van der Waals surface area contributed by atoms with E-state index in [1.807, 2.05) is 23.1 Å². The Morgan fingerprint density at radius 3 is 2.27 bits per heavy atom. The molecule has 30 heavy (non-hydrogen) atoms. The summed E-state index contributed by atoms with van der Waals surface area (Å²) in [7, 11) is 3.37. The van der Waals surface area contributed by atoms with E-state index >= 15 is 0 Å². The van der Waals surface area contributed by atoms with Gasteiger partial charge in [0, 0.05) is 44.7 Å². The summed E-state index contributed by atoms with van der Waals surface area (Å²) in [5.41, 5.74) is 7.23. The molecule has 2 aliphatic rings. The zero-order valence-electron chi connectivity index (χ0n) is 18.2. The first-order valence-corrected chi connectivity index (χ1v) is 10.5. The van der Waals surface area contributed by atoms with Crippen molar-refractivity contribution < 1.29 is 14.3 Å². The molecule has 0 aromatic heterocycles. The third-order valence-electron chi connectivity index (χ3n) is 6.48. The number of ether oxygens (including phenoxy) is 2. The van der Waals surface area contributed by atoms with Gasteiger partial charge in [0.15, 0.2) is 0 Å². The molecule has 0 atom stereocenters. The van der Waals surface area contributed by atoms with Crippen LogP contribution in [0.2, 0.25) is 0 Å². The van der Waals surface area contributed by atoms with E-state index in [1.165, 1.54) is 19.3 Å². The zero-order valence-corrected chi connectivity index (χ0v) is 19.9. The van der Waals surface area contributed by atoms with E-state index in [4.69, 9.17) is 15.2 Å². The molecule has 0 bridgehead atoms. The lowest BCUT2D eigenvalue weighted by atomic mass is 9.71. The molecular formula is C22H37Cl2N3O3. The third kappa shape index (κ3) is 6.64. The van der Waals surface area contributed by atoms with Gasteiger partial charge < -0.3 is 20.1 Å². The maximum absolute atomic E-state index is 12.9. The van der Waals surface area contributed by atoms with Crippen molar-refractivity contribution >= 4 is 30.7 Å². The predicted octanol–water partition coefficient (Wildman–Crippen LogP) is 3.49. The molecule has 1 aliphatic heterocycles. The van der Waals surface area contributed by atoms with Crippen molar-refractivity contribution in [3.05, 3.63) is 23.8 Å². The number of methoxy groups -OCH3 is 2. The fourth-order valence-corrected chi connectivity index (χ4v) is 4.59. The molecule has 8 heteroatoms. The van der Waals surface area contributed by atoms with Crippen LogP contribution in [-0.4, -0.2) is 62.7 Å². The first-order chi connectivity index (χ1) is 13.6. The minimum atomic E-state index is 0. The molecule has 0 spiro atoms. The predicted molar refractivity (Wildman–Crippen MR) is 125 cm³/mol. The second-order valence-electron chi connectivity index (χ2n) is 8.28. The average molecular weight is 462 g/mol. The van der Waals surface area contributed by atoms with Crippen LogP contribution in [0.3, 0.4) is 0 Å². The highest BCUT2D eigenvalue weighted by Crippen LogP contribution is 2.39. The Hall–Kier alpha value is -1.21. The number of hydrogen-bond acceptors (Lipinski definition) is 5. The summed E-state index contributed by atoms with van der Waals surface area (Å²) in [6.07, 6.45) is 6.52. The van der Waals surface area contributed by atoms with Crippen LogP contribution in [0.5, 0.6) is 11.5 Å². The van der Waals surface area contributed by atoms with Gasteiger partial charge in [-0.2, -0.15) is 0 Å². The monoisotopic (exact) mass is 461 g/mol. The van der Waals surface area contributed by atoms with Gasteiger partial charge in [-0.15, -0.1) is 24.8 Å². The first-order valence-electron chi connectivity index (χ1n) is 10.5. The van der Waals surface area contributed by atoms with Gasteiger partial charge in [0.25, 0.3) is 0 Å². The van der Waals surface area contributed by atoms with E-state index in [2.05, 4.69) is 4.90 Å². The Labute approximate surface area is 193 Å². The topological polar surface area (TPSA) is 68.0 Å². The third-order valence-corrected chi connectivity index (χ3v) is 6.48. The zero-order chi connectivity index (χ0) is 20.0. The van der Waals surface area contributed by atoms with E-state index < -0.39 is 0 Å². The molecule has 1 saturated heterocycles. The lowest BCUT2D eigenvalue weighted by Gasteiger charge is -2.40. The summed E-state index contributed by atoms with van der Waals surface area (Å²) in [4.78, 5) is 17.3. The first kappa shape index (κ1) is 26.8. The van der Waals surface area contributed by atoms with Crippen LogP contribution in [0.15, 0.2) is 18.2 Å². The molecule has 0 radical (unpaired) electrons. The molecule has 0 unspecified atom stereocenters. The van der Waals surface area contributed by atoms with Crippen LogP contribution in [-0.2, 0) is 11.3 Å². The number of nitrogens with zero attached hydrogens (tertiary/aromatic N) is 2. The van der Waals surface area contributed by atoms with Crippen LogP contribution >= 0.6 is 24.8 Å². The van der Waals surface area contributed by atoms with E-state index in [-0.39, 0.29) is 36.1 Å². The SMILES string of the molecule is COc1ccc(OC)c(CN2CCN(C(=O)CC3(CN)CCCCC3)CC2)c1.Cl.Cl. The average Bonchev–Trinajstić information content (AvgIpc) is 2.74. The van der Waals surface area contributed by atoms with Crippen molar-refractivity contribution in [2.45, 2.75) is 45.1 Å². The van der Waals surface area contributed by atoms with Crippen molar-refractivity contribution in [3.8, 4) is 11.5 Å². The maximum atomic E-state index is 12.9. The Morgan fingerprint density at radius 2 is 1.70 bits per heavy atom. The molecule has 1 aromatic carbocycles. The van der Waals surface area contributed by atoms with Crippen molar-refractivity contribution in [2.75, 3.05) is 46.9 Å². The molecule has 1 saturated carbocycles. The molecule has 2 fully saturated rings. The Kier molecular flexibility index (Phi) is 11.3. The number of piperazine rings is 1. The number of hydrogen-bond donors (Lipinski definition) is 1. The Bertz CT molecular complexity index is 661. The van der Waals surface area contributed by atoms with Crippen molar-refractivity contribution in [1.29, 1.82) is 0 Å². The summed E-state index contributed by atoms with van der Waals surface area (Å²) in [6, 6.07) is 5.90. The lowest BCUT2D eigenvalue weighted by Crippen LogP contribution is -2.50. The highest BCUT2D eigenvalue weighted by Gasteiger charge is 2.35. The molecular weight excluding hydrogens is 425 g/mol. The standard InChI is InChI=1S/C22H35N3O3.2ClH/c1-27-19-6-7-20(28-2)18(14-19)16-24-10-12-25(13-11-24)21(26)15-22(17-23)8-4-3-5-9-22;;/h6-7,14H,3-5,8-13,15-17,23H2,1-2H3;2*1H. The number of carbonyl (C=O) groups is 1. The van der Waals surface area contributed by atoms with E-state index in [1.54, 1.807) is 14.2 Å². The maximum Gasteiger partial charge on any atom is 0.223 e. The van der Waals surface area contributed by atoms with Gasteiger partial charge in [-0.25, -0.2) is 0 Å². The lowest BCUT2D eigenvalue weighted by molar-refractivity contribution is -0.136. The highest BCUT2D eigenvalue weighted by atomic mass is 35.5. The molecule has 3 rings (SSSR count). The quantitative estimate of drug-likeness (QED) is 0.672. The summed E-state index contributed by atoms with van der Waals surface area (Å²) in [5.74, 6) is 2.00. The van der Waals surface area contributed by atoms with Crippen molar-refractivity contribution in [1.82, 2.24) is 9.80 Å². The van der Waals surface area contributed by atoms with E-state index in [0.717, 1.165) is 62.6 Å². The molecule has 1 aliphatic carbocycles. The fourth-order valence-electron chi connectivity index (χ4n) is 4.59. The van der Waals surface area contributed by atoms with Gasteiger partial charge in [-0.05, 0) is 43.0 Å². The number of benzene rings is 1. The van der Waals surface area contributed by atoms with Gasteiger partial charge in [0.05, 0.1) is 14.2 Å². The van der Waals surface area contributed by atoms with Crippen LogP contribution in [0.4, 0.5) is 0 Å². The van der Waals surface area contributed by atoms with Crippen LogP contribution in [0.1, 0.15) is 44.1 Å². The minimum absolute atomic E-state index is 0. The summed E-state index contributed by atoms with van der Waals surface area (Å²) in [6.45, 7) is 4.75. The molecule has 1 heterocycles. The van der Waals surface area contributed by atoms with Crippen molar-refractivity contribution in [2.24, 2.45) is 11.1 Å². The van der Waals surface area contributed by atoms with Crippen LogP contribution < -0.4 is 15.2 Å². The van der Waals surface area contributed by atoms with Gasteiger partial charge in [-0.3, -0.25) is 9.69 Å². The van der Waals surface area contributed by atoms with E-state index in [0.29, 0.717) is 13.0 Å². The number of halogens is 2. The Balaban J connectivity index is 0.00000225. The van der Waals surface area contributed by atoms with Crippen LogP contribution in [0.25, 0.3) is 0 Å². The van der Waals surface area contributed by atoms with E-state index in [9.17, 15) is 4.79 Å². The van der Waals surface area contributed by atoms with Gasteiger partial charge >= 0.3 is 0 Å².